The van der Waals surface area contributed by atoms with E-state index in [-0.39, 0.29) is 16.6 Å². The van der Waals surface area contributed by atoms with Gasteiger partial charge in [-0.15, -0.1) is 0 Å². The predicted octanol–water partition coefficient (Wildman–Crippen LogP) is 3.20. The van der Waals surface area contributed by atoms with Gasteiger partial charge in [0.25, 0.3) is 0 Å². The lowest BCUT2D eigenvalue weighted by molar-refractivity contribution is -0.143. The van der Waals surface area contributed by atoms with Crippen LogP contribution >= 0.6 is 11.6 Å². The Kier molecular flexibility index (Phi) is 4.67. The monoisotopic (exact) mass is 314 g/mol. The first-order valence-corrected chi connectivity index (χ1v) is 7.01. The average Bonchev–Trinajstić information content (AvgIpc) is 2.42. The average molecular weight is 315 g/mol. The molecule has 2 atom stereocenters. The lowest BCUT2D eigenvalue weighted by atomic mass is 9.93. The Bertz CT molecular complexity index is 567. The third kappa shape index (κ3) is 3.64. The number of nitrogens with zero attached hydrogens (tertiary/aromatic N) is 1. The van der Waals surface area contributed by atoms with Crippen LogP contribution in [0.5, 0.6) is 0 Å². The SMILES string of the molecule is CC1CCN(C(=O)Nc2cc(F)ccc2Cl)C(C(=O)O)C1. The van der Waals surface area contributed by atoms with Crippen molar-refractivity contribution < 1.29 is 19.1 Å². The van der Waals surface area contributed by atoms with Crippen molar-refractivity contribution in [3.05, 3.63) is 29.0 Å². The Morgan fingerprint density at radius 1 is 1.48 bits per heavy atom. The molecule has 1 aromatic rings. The van der Waals surface area contributed by atoms with Crippen molar-refractivity contribution in [1.82, 2.24) is 4.90 Å². The molecule has 0 radical (unpaired) electrons. The Morgan fingerprint density at radius 2 is 2.19 bits per heavy atom. The molecular weight excluding hydrogens is 299 g/mol. The van der Waals surface area contributed by atoms with Gasteiger partial charge in [-0.3, -0.25) is 0 Å². The van der Waals surface area contributed by atoms with Crippen LogP contribution in [0.2, 0.25) is 5.02 Å². The number of piperidine rings is 1. The number of amides is 2. The number of rotatable bonds is 2. The van der Waals surface area contributed by atoms with Gasteiger partial charge in [0.05, 0.1) is 10.7 Å². The highest BCUT2D eigenvalue weighted by molar-refractivity contribution is 6.33. The molecule has 2 amide bonds. The number of aliphatic carboxylic acids is 1. The Balaban J connectivity index is 2.15. The van der Waals surface area contributed by atoms with Crippen LogP contribution in [0.3, 0.4) is 0 Å². The molecule has 1 saturated heterocycles. The van der Waals surface area contributed by atoms with Gasteiger partial charge in [-0.2, -0.15) is 0 Å². The zero-order valence-electron chi connectivity index (χ0n) is 11.5. The molecule has 0 aliphatic carbocycles. The number of carbonyl (C=O) groups is 2. The highest BCUT2D eigenvalue weighted by atomic mass is 35.5. The first-order valence-electron chi connectivity index (χ1n) is 6.64. The molecule has 0 bridgehead atoms. The second-order valence-electron chi connectivity index (χ2n) is 5.23. The number of carboxylic acids is 1. The summed E-state index contributed by atoms with van der Waals surface area (Å²) >= 11 is 5.89. The van der Waals surface area contributed by atoms with E-state index < -0.39 is 23.9 Å². The second-order valence-corrected chi connectivity index (χ2v) is 5.64. The van der Waals surface area contributed by atoms with Gasteiger partial charge in [0.2, 0.25) is 0 Å². The second kappa shape index (κ2) is 6.30. The summed E-state index contributed by atoms with van der Waals surface area (Å²) in [5.41, 5.74) is 0.129. The first-order chi connectivity index (χ1) is 9.88. The van der Waals surface area contributed by atoms with Crippen LogP contribution in [-0.2, 0) is 4.79 Å². The zero-order valence-corrected chi connectivity index (χ0v) is 12.2. The lowest BCUT2D eigenvalue weighted by Crippen LogP contribution is -2.51. The van der Waals surface area contributed by atoms with E-state index in [1.54, 1.807) is 0 Å². The highest BCUT2D eigenvalue weighted by Crippen LogP contribution is 2.26. The molecule has 1 aliphatic heterocycles. The van der Waals surface area contributed by atoms with E-state index in [1.807, 2.05) is 6.92 Å². The predicted molar refractivity (Wildman–Crippen MR) is 77.0 cm³/mol. The molecule has 7 heteroatoms. The number of nitrogens with one attached hydrogen (secondary N) is 1. The smallest absolute Gasteiger partial charge is 0.326 e. The summed E-state index contributed by atoms with van der Waals surface area (Å²) in [5, 5.41) is 11.9. The Hall–Kier alpha value is -1.82. The van der Waals surface area contributed by atoms with E-state index in [4.69, 9.17) is 11.6 Å². The van der Waals surface area contributed by atoms with Crippen molar-refractivity contribution in [3.8, 4) is 0 Å². The first kappa shape index (κ1) is 15.6. The summed E-state index contributed by atoms with van der Waals surface area (Å²) in [6.07, 6.45) is 1.13. The molecule has 1 heterocycles. The largest absolute Gasteiger partial charge is 0.480 e. The van der Waals surface area contributed by atoms with Gasteiger partial charge in [0, 0.05) is 6.54 Å². The zero-order chi connectivity index (χ0) is 15.6. The van der Waals surface area contributed by atoms with Gasteiger partial charge in [-0.05, 0) is 37.0 Å². The van der Waals surface area contributed by atoms with E-state index in [9.17, 15) is 19.1 Å². The molecule has 1 aromatic carbocycles. The third-order valence-corrected chi connectivity index (χ3v) is 3.91. The van der Waals surface area contributed by atoms with E-state index in [0.29, 0.717) is 13.0 Å². The molecular formula is C14H16ClFN2O3. The number of benzene rings is 1. The molecule has 114 valence electrons. The normalized spacial score (nSPS) is 22.0. The molecule has 0 spiro atoms. The summed E-state index contributed by atoms with van der Waals surface area (Å²) in [6, 6.07) is 2.16. The maximum absolute atomic E-state index is 13.2. The van der Waals surface area contributed by atoms with Gasteiger partial charge < -0.3 is 15.3 Å². The Morgan fingerprint density at radius 3 is 2.86 bits per heavy atom. The van der Waals surface area contributed by atoms with Crippen molar-refractivity contribution in [1.29, 1.82) is 0 Å². The minimum Gasteiger partial charge on any atom is -0.480 e. The number of urea groups is 1. The highest BCUT2D eigenvalue weighted by Gasteiger charge is 2.34. The van der Waals surface area contributed by atoms with Crippen LogP contribution in [0.1, 0.15) is 19.8 Å². The summed E-state index contributed by atoms with van der Waals surface area (Å²) in [4.78, 5) is 24.8. The van der Waals surface area contributed by atoms with Crippen molar-refractivity contribution in [2.75, 3.05) is 11.9 Å². The van der Waals surface area contributed by atoms with Crippen LogP contribution < -0.4 is 5.32 Å². The van der Waals surface area contributed by atoms with Gasteiger partial charge in [0.15, 0.2) is 0 Å². The molecule has 5 nitrogen and oxygen atoms in total. The summed E-state index contributed by atoms with van der Waals surface area (Å²) < 4.78 is 13.2. The lowest BCUT2D eigenvalue weighted by Gasteiger charge is -2.35. The molecule has 0 aromatic heterocycles. The van der Waals surface area contributed by atoms with Crippen molar-refractivity contribution in [3.63, 3.8) is 0 Å². The number of carbonyl (C=O) groups excluding carboxylic acids is 1. The van der Waals surface area contributed by atoms with E-state index >= 15 is 0 Å². The molecule has 21 heavy (non-hydrogen) atoms. The maximum atomic E-state index is 13.2. The van der Waals surface area contributed by atoms with E-state index in [0.717, 1.165) is 12.5 Å². The topological polar surface area (TPSA) is 69.6 Å². The maximum Gasteiger partial charge on any atom is 0.326 e. The Labute approximate surface area is 126 Å². The molecule has 0 saturated carbocycles. The van der Waals surface area contributed by atoms with E-state index in [2.05, 4.69) is 5.32 Å². The van der Waals surface area contributed by atoms with E-state index in [1.165, 1.54) is 17.0 Å². The minimum atomic E-state index is -1.04. The number of hydrogen-bond donors (Lipinski definition) is 2. The molecule has 2 N–H and O–H groups in total. The quantitative estimate of drug-likeness (QED) is 0.880. The standard InChI is InChI=1S/C14H16ClFN2O3/c1-8-4-5-18(12(6-8)13(19)20)14(21)17-11-7-9(16)2-3-10(11)15/h2-3,7-8,12H,4-6H2,1H3,(H,17,21)(H,19,20). The van der Waals surface area contributed by atoms with Crippen LogP contribution in [-0.4, -0.2) is 34.6 Å². The molecule has 2 rings (SSSR count). The number of likely N-dealkylation sites (tertiary alicyclic amines) is 1. The van der Waals surface area contributed by atoms with Crippen molar-refractivity contribution in [2.45, 2.75) is 25.8 Å². The van der Waals surface area contributed by atoms with Gasteiger partial charge in [0.1, 0.15) is 11.9 Å². The molecule has 1 fully saturated rings. The van der Waals surface area contributed by atoms with Gasteiger partial charge >= 0.3 is 12.0 Å². The van der Waals surface area contributed by atoms with Crippen molar-refractivity contribution in [2.24, 2.45) is 5.92 Å². The fourth-order valence-electron chi connectivity index (χ4n) is 2.40. The third-order valence-electron chi connectivity index (χ3n) is 3.58. The minimum absolute atomic E-state index is 0.129. The van der Waals surface area contributed by atoms with Crippen LogP contribution in [0.15, 0.2) is 18.2 Å². The fourth-order valence-corrected chi connectivity index (χ4v) is 2.56. The van der Waals surface area contributed by atoms with Crippen LogP contribution in [0.25, 0.3) is 0 Å². The van der Waals surface area contributed by atoms with Gasteiger partial charge in [-0.1, -0.05) is 18.5 Å². The van der Waals surface area contributed by atoms with Crippen LogP contribution in [0, 0.1) is 11.7 Å². The molecule has 1 aliphatic rings. The number of anilines is 1. The number of carboxylic acid groups (broad SMARTS) is 1. The van der Waals surface area contributed by atoms with Gasteiger partial charge in [-0.25, -0.2) is 14.0 Å². The summed E-state index contributed by atoms with van der Waals surface area (Å²) in [6.45, 7) is 2.30. The van der Waals surface area contributed by atoms with Crippen LogP contribution in [0.4, 0.5) is 14.9 Å². The number of halogens is 2. The number of hydrogen-bond acceptors (Lipinski definition) is 2. The van der Waals surface area contributed by atoms with Crippen molar-refractivity contribution >= 4 is 29.3 Å². The fraction of sp³-hybridized carbons (Fsp3) is 0.429. The molecule has 2 unspecified atom stereocenters. The summed E-state index contributed by atoms with van der Waals surface area (Å²) in [7, 11) is 0. The summed E-state index contributed by atoms with van der Waals surface area (Å²) in [5.74, 6) is -1.33.